The topological polar surface area (TPSA) is 30.5 Å². The molecule has 0 amide bonds. The zero-order valence-electron chi connectivity index (χ0n) is 17.5. The molecule has 1 aliphatic carbocycles. The first-order valence-electron chi connectivity index (χ1n) is 10.9. The smallest absolute Gasteiger partial charge is 0.124 e. The number of benzene rings is 2. The summed E-state index contributed by atoms with van der Waals surface area (Å²) < 4.78 is 11.9. The summed E-state index contributed by atoms with van der Waals surface area (Å²) in [5.74, 6) is 3.31. The fourth-order valence-electron chi connectivity index (χ4n) is 3.73. The summed E-state index contributed by atoms with van der Waals surface area (Å²) in [5.41, 5.74) is 2.27. The molecule has 3 heteroatoms. The van der Waals surface area contributed by atoms with Crippen molar-refractivity contribution in [3.63, 3.8) is 0 Å². The van der Waals surface area contributed by atoms with Crippen molar-refractivity contribution >= 4 is 5.69 Å². The highest BCUT2D eigenvalue weighted by atomic mass is 16.5. The lowest BCUT2D eigenvalue weighted by atomic mass is 9.87. The Hall–Kier alpha value is -2.16. The predicted molar refractivity (Wildman–Crippen MR) is 117 cm³/mol. The zero-order chi connectivity index (χ0) is 19.6. The van der Waals surface area contributed by atoms with Gasteiger partial charge >= 0.3 is 0 Å². The van der Waals surface area contributed by atoms with Crippen LogP contribution in [0.1, 0.15) is 57.9 Å². The summed E-state index contributed by atoms with van der Waals surface area (Å²) in [4.78, 5) is 0. The van der Waals surface area contributed by atoms with Gasteiger partial charge in [-0.2, -0.15) is 0 Å². The molecule has 0 spiro atoms. The van der Waals surface area contributed by atoms with Crippen LogP contribution < -0.4 is 14.8 Å². The minimum absolute atomic E-state index is 0.520. The molecule has 28 heavy (non-hydrogen) atoms. The van der Waals surface area contributed by atoms with Crippen LogP contribution in [-0.4, -0.2) is 13.2 Å². The Kier molecular flexibility index (Phi) is 8.07. The Morgan fingerprint density at radius 2 is 1.68 bits per heavy atom. The number of nitrogens with one attached hydrogen (secondary N) is 1. The summed E-state index contributed by atoms with van der Waals surface area (Å²) in [6.45, 7) is 6.65. The van der Waals surface area contributed by atoms with Gasteiger partial charge in [-0.25, -0.2) is 0 Å². The first-order chi connectivity index (χ1) is 13.7. The maximum absolute atomic E-state index is 5.95. The van der Waals surface area contributed by atoms with Crippen LogP contribution in [0.15, 0.2) is 48.5 Å². The molecule has 152 valence electrons. The van der Waals surface area contributed by atoms with Crippen LogP contribution in [0.5, 0.6) is 11.5 Å². The van der Waals surface area contributed by atoms with Gasteiger partial charge in [-0.1, -0.05) is 64.2 Å². The highest BCUT2D eigenvalue weighted by Crippen LogP contribution is 2.27. The quantitative estimate of drug-likeness (QED) is 0.498. The lowest BCUT2D eigenvalue weighted by molar-refractivity contribution is 0.246. The summed E-state index contributed by atoms with van der Waals surface area (Å²) in [5, 5.41) is 3.49. The predicted octanol–water partition coefficient (Wildman–Crippen LogP) is 6.68. The van der Waals surface area contributed by atoms with Crippen molar-refractivity contribution in [2.75, 3.05) is 18.5 Å². The monoisotopic (exact) mass is 381 g/mol. The molecular weight excluding hydrogens is 346 g/mol. The van der Waals surface area contributed by atoms with Gasteiger partial charge in [-0.3, -0.25) is 0 Å². The highest BCUT2D eigenvalue weighted by molar-refractivity contribution is 5.47. The van der Waals surface area contributed by atoms with Crippen molar-refractivity contribution in [1.29, 1.82) is 0 Å². The Bertz CT molecular complexity index is 690. The van der Waals surface area contributed by atoms with Gasteiger partial charge in [0.1, 0.15) is 11.5 Å². The Labute approximate surface area is 170 Å². The summed E-state index contributed by atoms with van der Waals surface area (Å²) in [6, 6.07) is 16.5. The van der Waals surface area contributed by atoms with E-state index in [0.717, 1.165) is 42.9 Å². The van der Waals surface area contributed by atoms with Crippen molar-refractivity contribution in [2.45, 2.75) is 58.9 Å². The van der Waals surface area contributed by atoms with Crippen LogP contribution in [0, 0.1) is 11.8 Å². The minimum Gasteiger partial charge on any atom is -0.494 e. The molecule has 0 aliphatic heterocycles. The molecule has 1 aliphatic rings. The van der Waals surface area contributed by atoms with Crippen LogP contribution in [-0.2, 0) is 6.54 Å². The van der Waals surface area contributed by atoms with Gasteiger partial charge in [0.25, 0.3) is 0 Å². The third-order valence-electron chi connectivity index (χ3n) is 5.40. The summed E-state index contributed by atoms with van der Waals surface area (Å²) in [6.07, 6.45) is 8.17. The van der Waals surface area contributed by atoms with E-state index in [1.54, 1.807) is 0 Å². The van der Waals surface area contributed by atoms with Crippen molar-refractivity contribution < 1.29 is 9.47 Å². The van der Waals surface area contributed by atoms with Crippen LogP contribution in [0.25, 0.3) is 0 Å². The number of ether oxygens (including phenoxy) is 2. The fraction of sp³-hybridized carbons (Fsp3) is 0.520. The van der Waals surface area contributed by atoms with E-state index in [-0.39, 0.29) is 0 Å². The van der Waals surface area contributed by atoms with Gasteiger partial charge < -0.3 is 14.8 Å². The molecule has 0 atom stereocenters. The third kappa shape index (κ3) is 6.78. The molecule has 0 unspecified atom stereocenters. The van der Waals surface area contributed by atoms with Crippen molar-refractivity contribution in [3.05, 3.63) is 54.1 Å². The largest absolute Gasteiger partial charge is 0.494 e. The average Bonchev–Trinajstić information content (AvgIpc) is 2.73. The van der Waals surface area contributed by atoms with Crippen LogP contribution in [0.3, 0.4) is 0 Å². The second-order valence-electron chi connectivity index (χ2n) is 8.33. The van der Waals surface area contributed by atoms with Crippen molar-refractivity contribution in [2.24, 2.45) is 11.8 Å². The second-order valence-corrected chi connectivity index (χ2v) is 8.33. The summed E-state index contributed by atoms with van der Waals surface area (Å²) in [7, 11) is 0. The van der Waals surface area contributed by atoms with Gasteiger partial charge in [0.05, 0.1) is 13.2 Å². The van der Waals surface area contributed by atoms with Crippen LogP contribution >= 0.6 is 0 Å². The van der Waals surface area contributed by atoms with E-state index in [4.69, 9.17) is 9.47 Å². The molecule has 0 aromatic heterocycles. The molecule has 0 heterocycles. The number of rotatable bonds is 10. The molecule has 3 nitrogen and oxygen atoms in total. The summed E-state index contributed by atoms with van der Waals surface area (Å²) >= 11 is 0. The lowest BCUT2D eigenvalue weighted by Crippen LogP contribution is -2.10. The van der Waals surface area contributed by atoms with Crippen LogP contribution in [0.2, 0.25) is 0 Å². The zero-order valence-corrected chi connectivity index (χ0v) is 17.5. The second kappa shape index (κ2) is 11.0. The van der Waals surface area contributed by atoms with E-state index >= 15 is 0 Å². The molecule has 1 N–H and O–H groups in total. The van der Waals surface area contributed by atoms with Gasteiger partial charge in [0, 0.05) is 17.8 Å². The molecule has 1 fully saturated rings. The standard InChI is InChI=1S/C25H35NO2/c1-20(2)19-28-25-11-7-6-10-22(25)18-26-23-12-14-24(15-13-23)27-17-16-21-8-4-3-5-9-21/h6-7,10-15,20-21,26H,3-5,8-9,16-19H2,1-2H3. The van der Waals surface area contributed by atoms with Gasteiger partial charge in [-0.05, 0) is 48.6 Å². The van der Waals surface area contributed by atoms with E-state index < -0.39 is 0 Å². The third-order valence-corrected chi connectivity index (χ3v) is 5.40. The normalized spacial score (nSPS) is 14.8. The first kappa shape index (κ1) is 20.6. The molecule has 0 bridgehead atoms. The SMILES string of the molecule is CC(C)COc1ccccc1CNc1ccc(OCCC2CCCCC2)cc1. The molecule has 1 saturated carbocycles. The maximum atomic E-state index is 5.95. The molecule has 3 rings (SSSR count). The Balaban J connectivity index is 1.44. The van der Waals surface area contributed by atoms with Gasteiger partial charge in [-0.15, -0.1) is 0 Å². The van der Waals surface area contributed by atoms with Crippen molar-refractivity contribution in [1.82, 2.24) is 0 Å². The van der Waals surface area contributed by atoms with Gasteiger partial charge in [0.15, 0.2) is 0 Å². The molecular formula is C25H35NO2. The number of anilines is 1. The van der Waals surface area contributed by atoms with Crippen molar-refractivity contribution in [3.8, 4) is 11.5 Å². The van der Waals surface area contributed by atoms with E-state index in [1.807, 2.05) is 12.1 Å². The first-order valence-corrected chi connectivity index (χ1v) is 10.9. The van der Waals surface area contributed by atoms with E-state index in [9.17, 15) is 0 Å². The lowest BCUT2D eigenvalue weighted by Gasteiger charge is -2.21. The highest BCUT2D eigenvalue weighted by Gasteiger charge is 2.13. The van der Waals surface area contributed by atoms with E-state index in [0.29, 0.717) is 5.92 Å². The number of hydrogen-bond acceptors (Lipinski definition) is 3. The minimum atomic E-state index is 0.520. The fourth-order valence-corrected chi connectivity index (χ4v) is 3.73. The Morgan fingerprint density at radius 1 is 0.929 bits per heavy atom. The van der Waals surface area contributed by atoms with Gasteiger partial charge in [0.2, 0.25) is 0 Å². The molecule has 0 radical (unpaired) electrons. The average molecular weight is 382 g/mol. The van der Waals surface area contributed by atoms with E-state index in [1.165, 1.54) is 44.1 Å². The van der Waals surface area contributed by atoms with E-state index in [2.05, 4.69) is 55.6 Å². The van der Waals surface area contributed by atoms with Crippen LogP contribution in [0.4, 0.5) is 5.69 Å². The number of hydrogen-bond donors (Lipinski definition) is 1. The Morgan fingerprint density at radius 3 is 2.43 bits per heavy atom. The molecule has 0 saturated heterocycles. The number of para-hydroxylation sites is 1. The molecule has 2 aromatic rings. The molecule has 2 aromatic carbocycles. The maximum Gasteiger partial charge on any atom is 0.124 e.